The molecule has 31 heavy (non-hydrogen) atoms. The second-order valence-electron chi connectivity index (χ2n) is 9.12. The normalized spacial score (nSPS) is 16.3. The number of fused-ring (bicyclic) bond motifs is 4. The van der Waals surface area contributed by atoms with E-state index in [1.165, 1.54) is 18.4 Å². The van der Waals surface area contributed by atoms with Gasteiger partial charge < -0.3 is 0 Å². The monoisotopic (exact) mass is 430 g/mol. The van der Waals surface area contributed by atoms with Crippen LogP contribution in [0.1, 0.15) is 62.1 Å². The Morgan fingerprint density at radius 1 is 1.10 bits per heavy atom. The Morgan fingerprint density at radius 2 is 1.90 bits per heavy atom. The summed E-state index contributed by atoms with van der Waals surface area (Å²) in [5, 5.41) is 0.827. The minimum Gasteiger partial charge on any atom is -0.268 e. The molecule has 1 fully saturated rings. The summed E-state index contributed by atoms with van der Waals surface area (Å²) in [6, 6.07) is 16.9. The molecule has 1 heterocycles. The molecule has 2 aliphatic rings. The highest BCUT2D eigenvalue weighted by atomic mass is 32.2. The van der Waals surface area contributed by atoms with Crippen molar-refractivity contribution in [3.8, 4) is 16.9 Å². The van der Waals surface area contributed by atoms with Crippen LogP contribution in [0.4, 0.5) is 0 Å². The number of rotatable bonds is 5. The van der Waals surface area contributed by atoms with E-state index in [1.807, 2.05) is 16.7 Å². The number of aromatic nitrogens is 2. The molecule has 0 N–H and O–H groups in total. The minimum absolute atomic E-state index is 0.0635. The van der Waals surface area contributed by atoms with E-state index in [1.54, 1.807) is 11.8 Å². The average molecular weight is 431 g/mol. The number of nitrogens with zero attached hydrogens (tertiary/aromatic N) is 2. The van der Waals surface area contributed by atoms with Crippen molar-refractivity contribution in [3.05, 3.63) is 75.6 Å². The molecule has 0 atom stereocenters. The van der Waals surface area contributed by atoms with Gasteiger partial charge in [-0.25, -0.2) is 4.98 Å². The standard InChI is InChI=1S/C27H30N2OS/c1-3-4-16-31-26-28-24-22-13-6-5-11-20(22)18-27(14-7-8-15-27)23(24)25(30)29(26)21-12-9-10-19(2)17-21/h5-6,9-13,17H,3-4,7-8,14-16,18H2,1-2H3. The van der Waals surface area contributed by atoms with Gasteiger partial charge in [0, 0.05) is 16.7 Å². The summed E-state index contributed by atoms with van der Waals surface area (Å²) in [4.78, 5) is 19.5. The van der Waals surface area contributed by atoms with Gasteiger partial charge in [-0.3, -0.25) is 9.36 Å². The third-order valence-corrected chi connectivity index (χ3v) is 7.96. The van der Waals surface area contributed by atoms with E-state index in [9.17, 15) is 4.79 Å². The van der Waals surface area contributed by atoms with Crippen LogP contribution in [0.3, 0.4) is 0 Å². The summed E-state index contributed by atoms with van der Waals surface area (Å²) in [6.07, 6.45) is 7.77. The Hall–Kier alpha value is -2.33. The number of thioether (sulfide) groups is 1. The van der Waals surface area contributed by atoms with Crippen LogP contribution in [0.2, 0.25) is 0 Å². The zero-order valence-corrected chi connectivity index (χ0v) is 19.3. The molecule has 2 aliphatic carbocycles. The van der Waals surface area contributed by atoms with Gasteiger partial charge >= 0.3 is 0 Å². The van der Waals surface area contributed by atoms with Crippen LogP contribution < -0.4 is 5.56 Å². The lowest BCUT2D eigenvalue weighted by Crippen LogP contribution is -2.40. The molecule has 1 saturated carbocycles. The maximum atomic E-state index is 14.3. The van der Waals surface area contributed by atoms with E-state index in [0.29, 0.717) is 0 Å². The van der Waals surface area contributed by atoms with Crippen molar-refractivity contribution in [2.75, 3.05) is 5.75 Å². The molecule has 160 valence electrons. The van der Waals surface area contributed by atoms with E-state index >= 15 is 0 Å². The first-order valence-corrected chi connectivity index (χ1v) is 12.6. The minimum atomic E-state index is -0.0635. The van der Waals surface area contributed by atoms with Gasteiger partial charge in [0.1, 0.15) is 0 Å². The summed E-state index contributed by atoms with van der Waals surface area (Å²) in [6.45, 7) is 4.29. The number of benzene rings is 2. The van der Waals surface area contributed by atoms with Gasteiger partial charge in [-0.1, -0.05) is 74.3 Å². The lowest BCUT2D eigenvalue weighted by molar-refractivity contribution is 0.422. The van der Waals surface area contributed by atoms with Gasteiger partial charge in [-0.05, 0) is 55.9 Å². The van der Waals surface area contributed by atoms with Gasteiger partial charge in [0.15, 0.2) is 5.16 Å². The molecule has 0 radical (unpaired) electrons. The SMILES string of the molecule is CCCCSc1nc2c(c(=O)n1-c1cccc(C)c1)C1(CCCC1)Cc1ccccc1-2. The lowest BCUT2D eigenvalue weighted by Gasteiger charge is -2.36. The van der Waals surface area contributed by atoms with E-state index < -0.39 is 0 Å². The highest BCUT2D eigenvalue weighted by Gasteiger charge is 2.44. The Labute approximate surface area is 188 Å². The Bertz CT molecular complexity index is 1170. The third kappa shape index (κ3) is 3.55. The largest absolute Gasteiger partial charge is 0.268 e. The summed E-state index contributed by atoms with van der Waals surface area (Å²) >= 11 is 1.72. The van der Waals surface area contributed by atoms with Crippen LogP contribution >= 0.6 is 11.8 Å². The topological polar surface area (TPSA) is 34.9 Å². The zero-order chi connectivity index (χ0) is 21.4. The first kappa shape index (κ1) is 20.6. The maximum Gasteiger partial charge on any atom is 0.263 e. The second kappa shape index (κ2) is 8.31. The summed E-state index contributed by atoms with van der Waals surface area (Å²) in [7, 11) is 0. The highest BCUT2D eigenvalue weighted by molar-refractivity contribution is 7.99. The number of unbranched alkanes of at least 4 members (excludes halogenated alkanes) is 1. The van der Waals surface area contributed by atoms with E-state index in [0.717, 1.165) is 71.1 Å². The quantitative estimate of drug-likeness (QED) is 0.264. The molecule has 3 nitrogen and oxygen atoms in total. The Morgan fingerprint density at radius 3 is 2.68 bits per heavy atom. The fraction of sp³-hybridized carbons (Fsp3) is 0.407. The first-order valence-electron chi connectivity index (χ1n) is 11.6. The average Bonchev–Trinajstić information content (AvgIpc) is 3.22. The molecule has 0 saturated heterocycles. The van der Waals surface area contributed by atoms with E-state index in [4.69, 9.17) is 4.98 Å². The van der Waals surface area contributed by atoms with Gasteiger partial charge in [0.25, 0.3) is 5.56 Å². The van der Waals surface area contributed by atoms with Gasteiger partial charge in [0.05, 0.1) is 16.9 Å². The van der Waals surface area contributed by atoms with Gasteiger partial charge in [0.2, 0.25) is 0 Å². The summed E-state index contributed by atoms with van der Waals surface area (Å²) < 4.78 is 1.90. The zero-order valence-electron chi connectivity index (χ0n) is 18.5. The molecule has 1 spiro atoms. The van der Waals surface area contributed by atoms with E-state index in [-0.39, 0.29) is 11.0 Å². The fourth-order valence-corrected chi connectivity index (χ4v) is 6.50. The third-order valence-electron chi connectivity index (χ3n) is 6.93. The summed E-state index contributed by atoms with van der Waals surface area (Å²) in [5.41, 5.74) is 6.58. The van der Waals surface area contributed by atoms with Gasteiger partial charge in [-0.2, -0.15) is 0 Å². The van der Waals surface area contributed by atoms with Crippen LogP contribution in [-0.2, 0) is 11.8 Å². The van der Waals surface area contributed by atoms with Crippen molar-refractivity contribution in [3.63, 3.8) is 0 Å². The molecule has 1 aromatic heterocycles. The Kier molecular flexibility index (Phi) is 5.51. The van der Waals surface area contributed by atoms with Crippen LogP contribution in [0, 0.1) is 6.92 Å². The molecule has 0 aliphatic heterocycles. The van der Waals surface area contributed by atoms with Crippen molar-refractivity contribution in [2.24, 2.45) is 0 Å². The lowest BCUT2D eigenvalue weighted by atomic mass is 9.68. The molecule has 2 aromatic carbocycles. The maximum absolute atomic E-state index is 14.3. The van der Waals surface area contributed by atoms with Gasteiger partial charge in [-0.15, -0.1) is 0 Å². The molecule has 4 heteroatoms. The fourth-order valence-electron chi connectivity index (χ4n) is 5.41. The number of aryl methyl sites for hydroxylation is 1. The molecule has 0 unspecified atom stereocenters. The van der Waals surface area contributed by atoms with Crippen LogP contribution in [-0.4, -0.2) is 15.3 Å². The molecule has 0 bridgehead atoms. The highest BCUT2D eigenvalue weighted by Crippen LogP contribution is 2.50. The van der Waals surface area contributed by atoms with Crippen molar-refractivity contribution in [1.82, 2.24) is 9.55 Å². The predicted molar refractivity (Wildman–Crippen MR) is 129 cm³/mol. The number of hydrogen-bond acceptors (Lipinski definition) is 3. The molecular weight excluding hydrogens is 400 g/mol. The second-order valence-corrected chi connectivity index (χ2v) is 10.2. The van der Waals surface area contributed by atoms with Crippen molar-refractivity contribution >= 4 is 11.8 Å². The molecule has 5 rings (SSSR count). The van der Waals surface area contributed by atoms with Crippen LogP contribution in [0.15, 0.2) is 58.5 Å². The van der Waals surface area contributed by atoms with E-state index in [2.05, 4.69) is 50.2 Å². The van der Waals surface area contributed by atoms with Crippen molar-refractivity contribution < 1.29 is 0 Å². The smallest absolute Gasteiger partial charge is 0.263 e. The number of hydrogen-bond donors (Lipinski definition) is 0. The first-order chi connectivity index (χ1) is 15.1. The van der Waals surface area contributed by atoms with Crippen molar-refractivity contribution in [1.29, 1.82) is 0 Å². The summed E-state index contributed by atoms with van der Waals surface area (Å²) in [5.74, 6) is 0.973. The van der Waals surface area contributed by atoms with Crippen LogP contribution in [0.5, 0.6) is 0 Å². The van der Waals surface area contributed by atoms with Crippen molar-refractivity contribution in [2.45, 2.75) is 69.4 Å². The van der Waals surface area contributed by atoms with Crippen LogP contribution in [0.25, 0.3) is 16.9 Å². The molecular formula is C27H30N2OS. The molecule has 3 aromatic rings. The Balaban J connectivity index is 1.79. The predicted octanol–water partition coefficient (Wildman–Crippen LogP) is 6.47. The molecule has 0 amide bonds.